The highest BCUT2D eigenvalue weighted by Gasteiger charge is 2.22. The molecule has 0 bridgehead atoms. The van der Waals surface area contributed by atoms with Gasteiger partial charge >= 0.3 is 6.03 Å². The number of amides is 3. The number of carbonyl (C=O) groups excluding carboxylic acids is 2. The van der Waals surface area contributed by atoms with Crippen LogP contribution < -0.4 is 10.1 Å². The molecule has 0 radical (unpaired) electrons. The third kappa shape index (κ3) is 5.85. The van der Waals surface area contributed by atoms with E-state index >= 15 is 0 Å². The number of hydrogen-bond acceptors (Lipinski definition) is 4. The molecule has 0 unspecified atom stereocenters. The summed E-state index contributed by atoms with van der Waals surface area (Å²) >= 11 is 5.85. The number of para-hydroxylation sites is 1. The van der Waals surface area contributed by atoms with Gasteiger partial charge in [0.15, 0.2) is 0 Å². The molecule has 3 amide bonds. The fourth-order valence-electron chi connectivity index (χ4n) is 2.86. The summed E-state index contributed by atoms with van der Waals surface area (Å²) in [5.74, 6) is 0.572. The molecule has 1 saturated heterocycles. The monoisotopic (exact) mass is 417 g/mol. The summed E-state index contributed by atoms with van der Waals surface area (Å²) in [5, 5.41) is 3.46. The van der Waals surface area contributed by atoms with Crippen LogP contribution in [0.15, 0.2) is 48.5 Å². The number of urea groups is 1. The molecular formula is C21H24ClN3O4. The van der Waals surface area contributed by atoms with E-state index in [1.54, 1.807) is 60.5 Å². The molecule has 0 spiro atoms. The van der Waals surface area contributed by atoms with Crippen LogP contribution in [0.5, 0.6) is 5.75 Å². The lowest BCUT2D eigenvalue weighted by molar-refractivity contribution is 0.0303. The minimum atomic E-state index is -0.313. The lowest BCUT2D eigenvalue weighted by Crippen LogP contribution is -2.41. The maximum atomic E-state index is 12.8. The molecule has 0 aliphatic carbocycles. The van der Waals surface area contributed by atoms with E-state index in [0.29, 0.717) is 61.5 Å². The second-order valence-electron chi connectivity index (χ2n) is 6.60. The molecular weight excluding hydrogens is 394 g/mol. The topological polar surface area (TPSA) is 71.1 Å². The molecule has 1 fully saturated rings. The fourth-order valence-corrected chi connectivity index (χ4v) is 2.98. The van der Waals surface area contributed by atoms with Crippen LogP contribution in [0.25, 0.3) is 0 Å². The van der Waals surface area contributed by atoms with Crippen LogP contribution in [0.4, 0.5) is 10.5 Å². The predicted octanol–water partition coefficient (Wildman–Crippen LogP) is 3.36. The Balaban J connectivity index is 1.55. The minimum absolute atomic E-state index is 0.113. The van der Waals surface area contributed by atoms with Gasteiger partial charge in [0.2, 0.25) is 0 Å². The Hall–Kier alpha value is -2.77. The second-order valence-corrected chi connectivity index (χ2v) is 7.04. The van der Waals surface area contributed by atoms with Crippen molar-refractivity contribution >= 4 is 29.2 Å². The summed E-state index contributed by atoms with van der Waals surface area (Å²) in [6.07, 6.45) is 0. The van der Waals surface area contributed by atoms with Gasteiger partial charge in [-0.25, -0.2) is 4.79 Å². The van der Waals surface area contributed by atoms with E-state index < -0.39 is 0 Å². The van der Waals surface area contributed by atoms with Gasteiger partial charge < -0.3 is 24.6 Å². The Labute approximate surface area is 175 Å². The third-order valence-electron chi connectivity index (χ3n) is 4.55. The van der Waals surface area contributed by atoms with Crippen molar-refractivity contribution in [3.63, 3.8) is 0 Å². The van der Waals surface area contributed by atoms with Crippen molar-refractivity contribution in [2.75, 3.05) is 51.8 Å². The van der Waals surface area contributed by atoms with Crippen LogP contribution in [0.3, 0.4) is 0 Å². The number of nitrogens with one attached hydrogen (secondary N) is 1. The highest BCUT2D eigenvalue weighted by molar-refractivity contribution is 6.30. The molecule has 0 atom stereocenters. The summed E-state index contributed by atoms with van der Waals surface area (Å²) < 4.78 is 10.9. The molecule has 1 N–H and O–H groups in total. The number of ether oxygens (including phenoxy) is 2. The maximum Gasteiger partial charge on any atom is 0.321 e. The SMILES string of the molecule is CN(CCOc1ccc(Cl)cc1)C(=O)Nc1ccccc1C(=O)N1CCOCC1. The molecule has 7 nitrogen and oxygen atoms in total. The highest BCUT2D eigenvalue weighted by atomic mass is 35.5. The molecule has 1 aliphatic rings. The van der Waals surface area contributed by atoms with E-state index in [9.17, 15) is 9.59 Å². The summed E-state index contributed by atoms with van der Waals surface area (Å²) in [4.78, 5) is 28.6. The Morgan fingerprint density at radius 3 is 2.55 bits per heavy atom. The first-order chi connectivity index (χ1) is 14.0. The predicted molar refractivity (Wildman–Crippen MR) is 112 cm³/mol. The molecule has 154 valence electrons. The van der Waals surface area contributed by atoms with Crippen LogP contribution in [0.1, 0.15) is 10.4 Å². The lowest BCUT2D eigenvalue weighted by Gasteiger charge is -2.28. The molecule has 8 heteroatoms. The highest BCUT2D eigenvalue weighted by Crippen LogP contribution is 2.19. The number of hydrogen-bond donors (Lipinski definition) is 1. The fraction of sp³-hybridized carbons (Fsp3) is 0.333. The van der Waals surface area contributed by atoms with E-state index in [4.69, 9.17) is 21.1 Å². The first-order valence-electron chi connectivity index (χ1n) is 9.41. The van der Waals surface area contributed by atoms with E-state index in [1.807, 2.05) is 0 Å². The Morgan fingerprint density at radius 1 is 1.14 bits per heavy atom. The van der Waals surface area contributed by atoms with Gasteiger partial charge in [-0.1, -0.05) is 23.7 Å². The molecule has 0 saturated carbocycles. The van der Waals surface area contributed by atoms with Crippen LogP contribution in [0.2, 0.25) is 5.02 Å². The maximum absolute atomic E-state index is 12.8. The van der Waals surface area contributed by atoms with Crippen molar-refractivity contribution in [2.45, 2.75) is 0 Å². The number of halogens is 1. The quantitative estimate of drug-likeness (QED) is 0.782. The largest absolute Gasteiger partial charge is 0.492 e. The third-order valence-corrected chi connectivity index (χ3v) is 4.81. The molecule has 29 heavy (non-hydrogen) atoms. The molecule has 1 heterocycles. The Morgan fingerprint density at radius 2 is 1.83 bits per heavy atom. The minimum Gasteiger partial charge on any atom is -0.492 e. The van der Waals surface area contributed by atoms with Gasteiger partial charge in [-0.05, 0) is 36.4 Å². The van der Waals surface area contributed by atoms with Crippen molar-refractivity contribution in [1.82, 2.24) is 9.80 Å². The first kappa shape index (κ1) is 21.0. The van der Waals surface area contributed by atoms with Crippen molar-refractivity contribution in [3.8, 4) is 5.75 Å². The standard InChI is InChI=1S/C21H24ClN3O4/c1-24(10-15-29-17-8-6-16(22)7-9-17)21(27)23-19-5-3-2-4-18(19)20(26)25-11-13-28-14-12-25/h2-9H,10-15H2,1H3,(H,23,27). The van der Waals surface area contributed by atoms with E-state index in [1.165, 1.54) is 4.90 Å². The van der Waals surface area contributed by atoms with Crippen molar-refractivity contribution in [3.05, 3.63) is 59.1 Å². The number of likely N-dealkylation sites (N-methyl/N-ethyl adjacent to an activating group) is 1. The van der Waals surface area contributed by atoms with E-state index in [-0.39, 0.29) is 11.9 Å². The Kier molecular flexibility index (Phi) is 7.32. The zero-order chi connectivity index (χ0) is 20.6. The number of anilines is 1. The van der Waals surface area contributed by atoms with Gasteiger partial charge in [0, 0.05) is 25.2 Å². The van der Waals surface area contributed by atoms with E-state index in [0.717, 1.165) is 0 Å². The molecule has 2 aromatic rings. The van der Waals surface area contributed by atoms with Crippen LogP contribution in [0, 0.1) is 0 Å². The van der Waals surface area contributed by atoms with Crippen LogP contribution >= 0.6 is 11.6 Å². The van der Waals surface area contributed by atoms with Gasteiger partial charge in [0.05, 0.1) is 31.0 Å². The lowest BCUT2D eigenvalue weighted by atomic mass is 10.1. The van der Waals surface area contributed by atoms with Gasteiger partial charge in [0.1, 0.15) is 12.4 Å². The van der Waals surface area contributed by atoms with E-state index in [2.05, 4.69) is 5.32 Å². The molecule has 3 rings (SSSR count). The summed E-state index contributed by atoms with van der Waals surface area (Å²) in [7, 11) is 1.67. The Bertz CT molecular complexity index is 838. The van der Waals surface area contributed by atoms with Gasteiger partial charge in [-0.3, -0.25) is 4.79 Å². The summed E-state index contributed by atoms with van der Waals surface area (Å²) in [6.45, 7) is 2.85. The number of benzene rings is 2. The van der Waals surface area contributed by atoms with Crippen molar-refractivity contribution in [1.29, 1.82) is 0 Å². The number of morpholine rings is 1. The second kappa shape index (κ2) is 10.1. The normalized spacial score (nSPS) is 13.7. The van der Waals surface area contributed by atoms with Gasteiger partial charge in [-0.2, -0.15) is 0 Å². The first-order valence-corrected chi connectivity index (χ1v) is 9.79. The zero-order valence-electron chi connectivity index (χ0n) is 16.3. The van der Waals surface area contributed by atoms with Crippen molar-refractivity contribution in [2.24, 2.45) is 0 Å². The molecule has 1 aliphatic heterocycles. The number of rotatable bonds is 6. The van der Waals surface area contributed by atoms with Crippen molar-refractivity contribution < 1.29 is 19.1 Å². The summed E-state index contributed by atoms with van der Waals surface area (Å²) in [5.41, 5.74) is 0.952. The smallest absolute Gasteiger partial charge is 0.321 e. The number of nitrogens with zero attached hydrogens (tertiary/aromatic N) is 2. The zero-order valence-corrected chi connectivity index (χ0v) is 17.0. The average molecular weight is 418 g/mol. The number of carbonyl (C=O) groups is 2. The van der Waals surface area contributed by atoms with Gasteiger partial charge in [-0.15, -0.1) is 0 Å². The molecule has 0 aromatic heterocycles. The average Bonchev–Trinajstić information content (AvgIpc) is 2.75. The van der Waals surface area contributed by atoms with Crippen LogP contribution in [-0.2, 0) is 4.74 Å². The van der Waals surface area contributed by atoms with Crippen LogP contribution in [-0.4, -0.2) is 68.2 Å². The summed E-state index contributed by atoms with van der Waals surface area (Å²) in [6, 6.07) is 13.7. The van der Waals surface area contributed by atoms with Gasteiger partial charge in [0.25, 0.3) is 5.91 Å². The molecule has 2 aromatic carbocycles.